The molecule has 1 N–H and O–H groups in total. The van der Waals surface area contributed by atoms with E-state index < -0.39 is 0 Å². The topological polar surface area (TPSA) is 68.0 Å². The molecule has 0 unspecified atom stereocenters. The second kappa shape index (κ2) is 9.37. The molecular formula is C21H23N3O2S. The zero-order valence-electron chi connectivity index (χ0n) is 15.5. The monoisotopic (exact) mass is 381 g/mol. The molecule has 3 aromatic rings. The fourth-order valence-electron chi connectivity index (χ4n) is 2.85. The van der Waals surface area contributed by atoms with Crippen molar-refractivity contribution >= 4 is 17.7 Å². The lowest BCUT2D eigenvalue weighted by atomic mass is 9.96. The SMILES string of the molecule is CC[C@@H](CNC(=O)c1ccccc1SCc1nc(C)no1)c1ccccc1. The average molecular weight is 382 g/mol. The summed E-state index contributed by atoms with van der Waals surface area (Å²) in [6, 6.07) is 17.9. The predicted molar refractivity (Wildman–Crippen MR) is 107 cm³/mol. The average Bonchev–Trinajstić information content (AvgIpc) is 3.13. The molecule has 0 fully saturated rings. The molecule has 0 aliphatic heterocycles. The molecule has 1 aromatic heterocycles. The maximum absolute atomic E-state index is 12.8. The molecule has 0 aliphatic carbocycles. The Morgan fingerprint density at radius 3 is 2.59 bits per heavy atom. The Balaban J connectivity index is 1.64. The van der Waals surface area contributed by atoms with Crippen molar-refractivity contribution in [3.05, 3.63) is 77.4 Å². The van der Waals surface area contributed by atoms with Gasteiger partial charge in [-0.15, -0.1) is 11.8 Å². The third-order valence-corrected chi connectivity index (χ3v) is 5.38. The van der Waals surface area contributed by atoms with E-state index >= 15 is 0 Å². The van der Waals surface area contributed by atoms with Gasteiger partial charge in [0.15, 0.2) is 5.82 Å². The molecule has 2 aromatic carbocycles. The second-order valence-electron chi connectivity index (χ2n) is 6.25. The number of aromatic nitrogens is 2. The van der Waals surface area contributed by atoms with Crippen molar-refractivity contribution in [2.75, 3.05) is 6.54 Å². The number of nitrogens with zero attached hydrogens (tertiary/aromatic N) is 2. The van der Waals surface area contributed by atoms with Crippen LogP contribution in [0.4, 0.5) is 0 Å². The van der Waals surface area contributed by atoms with E-state index in [4.69, 9.17) is 4.52 Å². The summed E-state index contributed by atoms with van der Waals surface area (Å²) >= 11 is 1.52. The lowest BCUT2D eigenvalue weighted by Crippen LogP contribution is -2.28. The molecule has 1 amide bonds. The summed E-state index contributed by atoms with van der Waals surface area (Å²) < 4.78 is 5.15. The van der Waals surface area contributed by atoms with Crippen LogP contribution in [0.3, 0.4) is 0 Å². The van der Waals surface area contributed by atoms with Gasteiger partial charge in [0, 0.05) is 17.4 Å². The van der Waals surface area contributed by atoms with Gasteiger partial charge in [-0.1, -0.05) is 54.5 Å². The van der Waals surface area contributed by atoms with Crippen molar-refractivity contribution < 1.29 is 9.32 Å². The number of rotatable bonds is 8. The van der Waals surface area contributed by atoms with Crippen molar-refractivity contribution in [3.8, 4) is 0 Å². The van der Waals surface area contributed by atoms with Crippen LogP contribution >= 0.6 is 11.8 Å². The highest BCUT2D eigenvalue weighted by atomic mass is 32.2. The minimum absolute atomic E-state index is 0.0609. The van der Waals surface area contributed by atoms with Crippen LogP contribution in [0.15, 0.2) is 64.0 Å². The van der Waals surface area contributed by atoms with Gasteiger partial charge in [0.05, 0.1) is 11.3 Å². The largest absolute Gasteiger partial charge is 0.351 e. The van der Waals surface area contributed by atoms with E-state index in [-0.39, 0.29) is 5.91 Å². The summed E-state index contributed by atoms with van der Waals surface area (Å²) in [5.74, 6) is 1.95. The van der Waals surface area contributed by atoms with Crippen LogP contribution in [0.1, 0.15) is 46.9 Å². The van der Waals surface area contributed by atoms with Crippen LogP contribution < -0.4 is 5.32 Å². The van der Waals surface area contributed by atoms with Crippen molar-refractivity contribution in [2.24, 2.45) is 0 Å². The number of carbonyl (C=O) groups excluding carboxylic acids is 1. The molecule has 6 heteroatoms. The van der Waals surface area contributed by atoms with Crippen LogP contribution in [-0.2, 0) is 5.75 Å². The van der Waals surface area contributed by atoms with Gasteiger partial charge < -0.3 is 9.84 Å². The molecule has 140 valence electrons. The number of carbonyl (C=O) groups is 1. The number of thioether (sulfide) groups is 1. The van der Waals surface area contributed by atoms with Gasteiger partial charge in [0.1, 0.15) is 0 Å². The molecular weight excluding hydrogens is 358 g/mol. The summed E-state index contributed by atoms with van der Waals surface area (Å²) in [6.07, 6.45) is 0.969. The Bertz CT molecular complexity index is 880. The van der Waals surface area contributed by atoms with Gasteiger partial charge in [0.25, 0.3) is 5.91 Å². The van der Waals surface area contributed by atoms with E-state index in [0.29, 0.717) is 35.5 Å². The zero-order chi connectivity index (χ0) is 19.1. The molecule has 0 radical (unpaired) electrons. The van der Waals surface area contributed by atoms with Crippen LogP contribution in [0.25, 0.3) is 0 Å². The third kappa shape index (κ3) is 5.20. The smallest absolute Gasteiger partial charge is 0.252 e. The van der Waals surface area contributed by atoms with Crippen molar-refractivity contribution in [3.63, 3.8) is 0 Å². The molecule has 0 spiro atoms. The van der Waals surface area contributed by atoms with Crippen molar-refractivity contribution in [2.45, 2.75) is 36.8 Å². The van der Waals surface area contributed by atoms with E-state index in [2.05, 4.69) is 34.5 Å². The first-order chi connectivity index (χ1) is 13.2. The molecule has 0 saturated carbocycles. The molecule has 1 heterocycles. The third-order valence-electron chi connectivity index (χ3n) is 4.33. The van der Waals surface area contributed by atoms with Crippen LogP contribution in [0, 0.1) is 6.92 Å². The van der Waals surface area contributed by atoms with Gasteiger partial charge in [-0.3, -0.25) is 4.79 Å². The van der Waals surface area contributed by atoms with Crippen LogP contribution in [-0.4, -0.2) is 22.6 Å². The van der Waals surface area contributed by atoms with E-state index in [1.54, 1.807) is 6.92 Å². The number of nitrogens with one attached hydrogen (secondary N) is 1. The van der Waals surface area contributed by atoms with Crippen molar-refractivity contribution in [1.82, 2.24) is 15.5 Å². The van der Waals surface area contributed by atoms with Gasteiger partial charge in [-0.05, 0) is 31.0 Å². The van der Waals surface area contributed by atoms with E-state index in [9.17, 15) is 4.79 Å². The molecule has 27 heavy (non-hydrogen) atoms. The van der Waals surface area contributed by atoms with Gasteiger partial charge in [-0.25, -0.2) is 0 Å². The molecule has 0 bridgehead atoms. The molecule has 0 aliphatic rings. The number of benzene rings is 2. The first kappa shape index (κ1) is 19.2. The highest BCUT2D eigenvalue weighted by Crippen LogP contribution is 2.26. The van der Waals surface area contributed by atoms with Crippen LogP contribution in [0.2, 0.25) is 0 Å². The number of hydrogen-bond donors (Lipinski definition) is 1. The van der Waals surface area contributed by atoms with Gasteiger partial charge in [0.2, 0.25) is 5.89 Å². The molecule has 3 rings (SSSR count). The van der Waals surface area contributed by atoms with E-state index in [1.165, 1.54) is 17.3 Å². The lowest BCUT2D eigenvalue weighted by Gasteiger charge is -2.17. The number of aryl methyl sites for hydroxylation is 1. The number of hydrogen-bond acceptors (Lipinski definition) is 5. The first-order valence-electron chi connectivity index (χ1n) is 9.01. The fourth-order valence-corrected chi connectivity index (χ4v) is 3.74. The minimum Gasteiger partial charge on any atom is -0.351 e. The second-order valence-corrected chi connectivity index (χ2v) is 7.26. The Kier molecular flexibility index (Phi) is 6.65. The van der Waals surface area contributed by atoms with Gasteiger partial charge >= 0.3 is 0 Å². The van der Waals surface area contributed by atoms with Gasteiger partial charge in [-0.2, -0.15) is 4.98 Å². The summed E-state index contributed by atoms with van der Waals surface area (Å²) in [4.78, 5) is 17.9. The predicted octanol–water partition coefficient (Wildman–Crippen LogP) is 4.59. The van der Waals surface area contributed by atoms with E-state index in [0.717, 1.165) is 11.3 Å². The number of amides is 1. The standard InChI is InChI=1S/C21H23N3O2S/c1-3-16(17-9-5-4-6-10-17)13-22-21(25)18-11-7-8-12-19(18)27-14-20-23-15(2)24-26-20/h4-12,16H,3,13-14H2,1-2H3,(H,22,25)/t16-/m0/s1. The Morgan fingerprint density at radius 2 is 1.89 bits per heavy atom. The van der Waals surface area contributed by atoms with Crippen LogP contribution in [0.5, 0.6) is 0 Å². The first-order valence-corrected chi connectivity index (χ1v) is 10.00. The zero-order valence-corrected chi connectivity index (χ0v) is 16.3. The normalized spacial score (nSPS) is 11.9. The Hall–Kier alpha value is -2.60. The molecule has 0 saturated heterocycles. The summed E-state index contributed by atoms with van der Waals surface area (Å²) in [5, 5.41) is 6.88. The lowest BCUT2D eigenvalue weighted by molar-refractivity contribution is 0.0948. The molecule has 5 nitrogen and oxygen atoms in total. The van der Waals surface area contributed by atoms with Crippen molar-refractivity contribution in [1.29, 1.82) is 0 Å². The van der Waals surface area contributed by atoms with E-state index in [1.807, 2.05) is 42.5 Å². The Morgan fingerprint density at radius 1 is 1.15 bits per heavy atom. The highest BCUT2D eigenvalue weighted by Gasteiger charge is 2.15. The Labute approximate surface area is 163 Å². The maximum Gasteiger partial charge on any atom is 0.252 e. The quantitative estimate of drug-likeness (QED) is 0.578. The minimum atomic E-state index is -0.0609. The summed E-state index contributed by atoms with van der Waals surface area (Å²) in [6.45, 7) is 4.54. The fraction of sp³-hybridized carbons (Fsp3) is 0.286. The summed E-state index contributed by atoms with van der Waals surface area (Å²) in [5.41, 5.74) is 1.91. The summed E-state index contributed by atoms with van der Waals surface area (Å²) in [7, 11) is 0. The highest BCUT2D eigenvalue weighted by molar-refractivity contribution is 7.98. The maximum atomic E-state index is 12.8. The molecule has 1 atom stereocenters.